The Hall–Kier alpha value is -2.94. The van der Waals surface area contributed by atoms with Crippen molar-refractivity contribution in [2.45, 2.75) is 38.6 Å². The highest BCUT2D eigenvalue weighted by Crippen LogP contribution is 2.23. The Labute approximate surface area is 156 Å². The van der Waals surface area contributed by atoms with Crippen LogP contribution < -0.4 is 0 Å². The highest BCUT2D eigenvalue weighted by Gasteiger charge is 2.25. The molecule has 1 aliphatic heterocycles. The molecular formula is C18H23N7O2. The van der Waals surface area contributed by atoms with Crippen molar-refractivity contribution < 1.29 is 9.90 Å². The fourth-order valence-corrected chi connectivity index (χ4v) is 3.42. The lowest BCUT2D eigenvalue weighted by Crippen LogP contribution is -2.38. The minimum absolute atomic E-state index is 0.142. The molecule has 0 saturated heterocycles. The van der Waals surface area contributed by atoms with E-state index in [1.165, 1.54) is 0 Å². The number of fused-ring (bicyclic) bond motifs is 1. The number of aryl methyl sites for hydroxylation is 2. The molecule has 9 nitrogen and oxygen atoms in total. The number of aromatic nitrogens is 6. The maximum Gasteiger partial charge on any atom is 0.223 e. The third-order valence-electron chi connectivity index (χ3n) is 4.93. The standard InChI is InChI=1S/C18H23N7O2/c1-22-16(5-7-19-22)18(27)15-12-14-13-23(10-11-25(14)21-15)17(26)4-2-8-24-9-3-6-20-24/h3,5-7,9,12,18,27H,2,4,8,10-11,13H2,1H3/t18-/m1/s1. The highest BCUT2D eigenvalue weighted by molar-refractivity contribution is 5.76. The van der Waals surface area contributed by atoms with Gasteiger partial charge < -0.3 is 10.0 Å². The Kier molecular flexibility index (Phi) is 4.76. The van der Waals surface area contributed by atoms with Crippen LogP contribution in [0.3, 0.4) is 0 Å². The van der Waals surface area contributed by atoms with Gasteiger partial charge in [-0.3, -0.25) is 18.8 Å². The van der Waals surface area contributed by atoms with E-state index in [1.54, 1.807) is 30.2 Å². The van der Waals surface area contributed by atoms with Crippen LogP contribution in [0, 0.1) is 0 Å². The number of amides is 1. The predicted molar refractivity (Wildman–Crippen MR) is 96.4 cm³/mol. The van der Waals surface area contributed by atoms with E-state index in [0.717, 1.165) is 18.7 Å². The van der Waals surface area contributed by atoms with Gasteiger partial charge in [0.2, 0.25) is 5.91 Å². The molecule has 0 unspecified atom stereocenters. The first-order chi connectivity index (χ1) is 13.1. The molecule has 1 atom stereocenters. The first-order valence-corrected chi connectivity index (χ1v) is 9.09. The summed E-state index contributed by atoms with van der Waals surface area (Å²) < 4.78 is 5.35. The van der Waals surface area contributed by atoms with E-state index < -0.39 is 6.10 Å². The number of aliphatic hydroxyl groups excluding tert-OH is 1. The molecule has 0 aliphatic carbocycles. The van der Waals surface area contributed by atoms with Crippen LogP contribution in [-0.2, 0) is 31.5 Å². The first kappa shape index (κ1) is 17.5. The molecule has 0 saturated carbocycles. The molecule has 0 bridgehead atoms. The number of carbonyl (C=O) groups excluding carboxylic acids is 1. The summed E-state index contributed by atoms with van der Waals surface area (Å²) in [7, 11) is 1.79. The van der Waals surface area contributed by atoms with E-state index in [1.807, 2.05) is 32.6 Å². The zero-order valence-electron chi connectivity index (χ0n) is 15.3. The number of hydrogen-bond donors (Lipinski definition) is 1. The first-order valence-electron chi connectivity index (χ1n) is 9.09. The van der Waals surface area contributed by atoms with Crippen molar-refractivity contribution in [3.05, 3.63) is 53.9 Å². The number of nitrogens with zero attached hydrogens (tertiary/aromatic N) is 7. The molecule has 4 heterocycles. The summed E-state index contributed by atoms with van der Waals surface area (Å²) in [6.07, 6.45) is 5.73. The fraction of sp³-hybridized carbons (Fsp3) is 0.444. The smallest absolute Gasteiger partial charge is 0.223 e. The maximum atomic E-state index is 12.5. The van der Waals surface area contributed by atoms with Crippen LogP contribution in [0.2, 0.25) is 0 Å². The van der Waals surface area contributed by atoms with Crippen molar-refractivity contribution >= 4 is 5.91 Å². The minimum Gasteiger partial charge on any atom is -0.380 e. The third-order valence-corrected chi connectivity index (χ3v) is 4.93. The molecule has 0 spiro atoms. The van der Waals surface area contributed by atoms with Gasteiger partial charge in [0, 0.05) is 45.1 Å². The molecule has 1 amide bonds. The van der Waals surface area contributed by atoms with E-state index in [4.69, 9.17) is 0 Å². The average molecular weight is 369 g/mol. The van der Waals surface area contributed by atoms with E-state index in [2.05, 4.69) is 15.3 Å². The van der Waals surface area contributed by atoms with Crippen LogP contribution in [0.4, 0.5) is 0 Å². The second kappa shape index (κ2) is 7.36. The molecule has 3 aromatic rings. The molecule has 0 fully saturated rings. The number of aliphatic hydroxyl groups is 1. The topological polar surface area (TPSA) is 94.0 Å². The Morgan fingerprint density at radius 1 is 1.30 bits per heavy atom. The largest absolute Gasteiger partial charge is 0.380 e. The summed E-state index contributed by atoms with van der Waals surface area (Å²) in [4.78, 5) is 14.4. The molecule has 0 radical (unpaired) electrons. The van der Waals surface area contributed by atoms with E-state index >= 15 is 0 Å². The van der Waals surface area contributed by atoms with Crippen LogP contribution in [0.1, 0.15) is 36.0 Å². The third kappa shape index (κ3) is 3.63. The summed E-state index contributed by atoms with van der Waals surface area (Å²) >= 11 is 0. The van der Waals surface area contributed by atoms with Gasteiger partial charge in [0.1, 0.15) is 6.10 Å². The number of carbonyl (C=O) groups is 1. The predicted octanol–water partition coefficient (Wildman–Crippen LogP) is 0.717. The summed E-state index contributed by atoms with van der Waals surface area (Å²) in [6.45, 7) is 2.53. The average Bonchev–Trinajstić information content (AvgIpc) is 3.40. The van der Waals surface area contributed by atoms with Gasteiger partial charge in [-0.05, 0) is 24.6 Å². The van der Waals surface area contributed by atoms with Gasteiger partial charge in [-0.1, -0.05) is 0 Å². The van der Waals surface area contributed by atoms with Crippen LogP contribution in [0.15, 0.2) is 36.8 Å². The van der Waals surface area contributed by atoms with Gasteiger partial charge in [0.15, 0.2) is 0 Å². The quantitative estimate of drug-likeness (QED) is 0.691. The van der Waals surface area contributed by atoms with Crippen molar-refractivity contribution in [2.75, 3.05) is 6.54 Å². The van der Waals surface area contributed by atoms with Crippen LogP contribution in [0.5, 0.6) is 0 Å². The molecule has 27 heavy (non-hydrogen) atoms. The Morgan fingerprint density at radius 3 is 2.93 bits per heavy atom. The lowest BCUT2D eigenvalue weighted by atomic mass is 10.1. The second-order valence-corrected chi connectivity index (χ2v) is 6.75. The second-order valence-electron chi connectivity index (χ2n) is 6.75. The molecule has 1 aliphatic rings. The zero-order valence-corrected chi connectivity index (χ0v) is 15.3. The molecule has 3 aromatic heterocycles. The van der Waals surface area contributed by atoms with E-state index in [9.17, 15) is 9.90 Å². The lowest BCUT2D eigenvalue weighted by molar-refractivity contribution is -0.132. The Balaban J connectivity index is 1.37. The Bertz CT molecular complexity index is 912. The minimum atomic E-state index is -0.825. The van der Waals surface area contributed by atoms with Crippen LogP contribution >= 0.6 is 0 Å². The number of rotatable bonds is 6. The summed E-state index contributed by atoms with van der Waals surface area (Å²) in [5.74, 6) is 0.142. The molecule has 4 rings (SSSR count). The van der Waals surface area contributed by atoms with Crippen molar-refractivity contribution in [1.82, 2.24) is 34.2 Å². The fourth-order valence-electron chi connectivity index (χ4n) is 3.42. The molecule has 1 N–H and O–H groups in total. The van der Waals surface area contributed by atoms with Gasteiger partial charge in [0.25, 0.3) is 0 Å². The van der Waals surface area contributed by atoms with Crippen molar-refractivity contribution in [3.63, 3.8) is 0 Å². The van der Waals surface area contributed by atoms with Crippen molar-refractivity contribution in [2.24, 2.45) is 7.05 Å². The summed E-state index contributed by atoms with van der Waals surface area (Å²) in [5.41, 5.74) is 2.22. The zero-order chi connectivity index (χ0) is 18.8. The van der Waals surface area contributed by atoms with Gasteiger partial charge in [0.05, 0.1) is 30.2 Å². The van der Waals surface area contributed by atoms with E-state index in [-0.39, 0.29) is 5.91 Å². The molecular weight excluding hydrogens is 346 g/mol. The van der Waals surface area contributed by atoms with Crippen molar-refractivity contribution in [1.29, 1.82) is 0 Å². The SMILES string of the molecule is Cn1nccc1[C@H](O)c1cc2n(n1)CCN(C(=O)CCCn1cccn1)C2. The van der Waals surface area contributed by atoms with Gasteiger partial charge >= 0.3 is 0 Å². The molecule has 0 aromatic carbocycles. The van der Waals surface area contributed by atoms with Gasteiger partial charge in [-0.2, -0.15) is 15.3 Å². The van der Waals surface area contributed by atoms with Crippen molar-refractivity contribution in [3.8, 4) is 0 Å². The molecule has 9 heteroatoms. The summed E-state index contributed by atoms with van der Waals surface area (Å²) in [6, 6.07) is 5.53. The Morgan fingerprint density at radius 2 is 2.19 bits per heavy atom. The highest BCUT2D eigenvalue weighted by atomic mass is 16.3. The van der Waals surface area contributed by atoms with E-state index in [0.29, 0.717) is 37.4 Å². The molecule has 142 valence electrons. The summed E-state index contributed by atoms with van der Waals surface area (Å²) in [5, 5.41) is 23.3. The number of hydrogen-bond acceptors (Lipinski definition) is 5. The van der Waals surface area contributed by atoms with Gasteiger partial charge in [-0.15, -0.1) is 0 Å². The lowest BCUT2D eigenvalue weighted by Gasteiger charge is -2.27. The monoisotopic (exact) mass is 369 g/mol. The van der Waals surface area contributed by atoms with Gasteiger partial charge in [-0.25, -0.2) is 0 Å². The van der Waals surface area contributed by atoms with Crippen LogP contribution in [0.25, 0.3) is 0 Å². The van der Waals surface area contributed by atoms with Crippen LogP contribution in [-0.4, -0.2) is 51.8 Å². The normalized spacial score (nSPS) is 15.0. The maximum absolute atomic E-state index is 12.5.